The fourth-order valence-corrected chi connectivity index (χ4v) is 11.5. The standard InChI is InChI=1S/C21H47NOSi2/c1-14-15-20(19(8)23-24(12,13)21(9,10)11)22-25(16(2)3,17(4)5)18(6)7/h14,16-20,22H,1,15H2,2-13H3/t19-,20-/m0/s1. The molecule has 0 saturated heterocycles. The zero-order valence-electron chi connectivity index (χ0n) is 19.3. The van der Waals surface area contributed by atoms with Gasteiger partial charge >= 0.3 is 0 Å². The summed E-state index contributed by atoms with van der Waals surface area (Å²) >= 11 is 0. The van der Waals surface area contributed by atoms with E-state index in [4.69, 9.17) is 4.43 Å². The molecular formula is C21H47NOSi2. The monoisotopic (exact) mass is 385 g/mol. The van der Waals surface area contributed by atoms with E-state index in [0.717, 1.165) is 6.42 Å². The number of hydrogen-bond donors (Lipinski definition) is 1. The van der Waals surface area contributed by atoms with Gasteiger partial charge in [-0.25, -0.2) is 0 Å². The molecule has 0 amide bonds. The van der Waals surface area contributed by atoms with Gasteiger partial charge < -0.3 is 9.41 Å². The van der Waals surface area contributed by atoms with Crippen molar-refractivity contribution in [1.29, 1.82) is 0 Å². The summed E-state index contributed by atoms with van der Waals surface area (Å²) in [5, 5.41) is 0.239. The van der Waals surface area contributed by atoms with E-state index in [1.54, 1.807) is 0 Å². The Kier molecular flexibility index (Phi) is 9.37. The van der Waals surface area contributed by atoms with Crippen LogP contribution in [-0.4, -0.2) is 28.7 Å². The van der Waals surface area contributed by atoms with Gasteiger partial charge in [-0.2, -0.15) is 0 Å². The Morgan fingerprint density at radius 3 is 1.60 bits per heavy atom. The molecule has 150 valence electrons. The summed E-state index contributed by atoms with van der Waals surface area (Å²) in [4.78, 5) is 4.21. The Labute approximate surface area is 161 Å². The van der Waals surface area contributed by atoms with Gasteiger partial charge in [-0.3, -0.25) is 0 Å². The van der Waals surface area contributed by atoms with E-state index in [2.05, 4.69) is 100.0 Å². The average Bonchev–Trinajstić information content (AvgIpc) is 2.40. The fourth-order valence-electron chi connectivity index (χ4n) is 4.09. The van der Waals surface area contributed by atoms with E-state index >= 15 is 0 Å². The first-order valence-electron chi connectivity index (χ1n) is 10.2. The minimum Gasteiger partial charge on any atom is -0.413 e. The number of rotatable bonds is 10. The second-order valence-corrected chi connectivity index (χ2v) is 20.6. The van der Waals surface area contributed by atoms with Gasteiger partial charge in [0.15, 0.2) is 8.32 Å². The second kappa shape index (κ2) is 9.34. The molecule has 0 aromatic heterocycles. The van der Waals surface area contributed by atoms with Crippen LogP contribution in [0.5, 0.6) is 0 Å². The van der Waals surface area contributed by atoms with Gasteiger partial charge in [-0.15, -0.1) is 6.58 Å². The molecule has 1 N–H and O–H groups in total. The quantitative estimate of drug-likeness (QED) is 0.319. The topological polar surface area (TPSA) is 21.3 Å². The molecule has 0 saturated carbocycles. The molecule has 25 heavy (non-hydrogen) atoms. The first-order valence-corrected chi connectivity index (χ1v) is 15.3. The highest BCUT2D eigenvalue weighted by Crippen LogP contribution is 2.41. The van der Waals surface area contributed by atoms with Gasteiger partial charge in [0.1, 0.15) is 8.24 Å². The van der Waals surface area contributed by atoms with Crippen molar-refractivity contribution in [3.63, 3.8) is 0 Å². The van der Waals surface area contributed by atoms with Crippen molar-refractivity contribution in [2.75, 3.05) is 0 Å². The zero-order valence-corrected chi connectivity index (χ0v) is 21.3. The summed E-state index contributed by atoms with van der Waals surface area (Å²) in [6.07, 6.45) is 3.24. The Morgan fingerprint density at radius 1 is 0.920 bits per heavy atom. The van der Waals surface area contributed by atoms with E-state index in [9.17, 15) is 0 Å². The molecule has 2 atom stereocenters. The SMILES string of the molecule is C=CC[C@H](N[Si](C(C)C)(C(C)C)C(C)C)[C@H](C)O[Si](C)(C)C(C)(C)C. The van der Waals surface area contributed by atoms with Crippen LogP contribution in [0.25, 0.3) is 0 Å². The summed E-state index contributed by atoms with van der Waals surface area (Å²) < 4.78 is 6.75. The molecule has 0 aromatic rings. The molecule has 0 bridgehead atoms. The van der Waals surface area contributed by atoms with Crippen molar-refractivity contribution in [1.82, 2.24) is 4.98 Å². The normalized spacial score (nSPS) is 16.6. The molecule has 0 spiro atoms. The highest BCUT2D eigenvalue weighted by atomic mass is 28.4. The van der Waals surface area contributed by atoms with Crippen LogP contribution in [0.15, 0.2) is 12.7 Å². The molecule has 0 aliphatic rings. The lowest BCUT2D eigenvalue weighted by Gasteiger charge is -2.48. The molecule has 0 unspecified atom stereocenters. The summed E-state index contributed by atoms with van der Waals surface area (Å²) in [6, 6.07) is 0.352. The summed E-state index contributed by atoms with van der Waals surface area (Å²) in [7, 11) is -3.45. The van der Waals surface area contributed by atoms with Crippen molar-refractivity contribution in [3.05, 3.63) is 12.7 Å². The summed E-state index contributed by atoms with van der Waals surface area (Å²) in [5.41, 5.74) is 2.08. The first-order chi connectivity index (χ1) is 11.1. The molecule has 0 heterocycles. The Balaban J connectivity index is 5.63. The number of nitrogens with one attached hydrogen (secondary N) is 1. The first kappa shape index (κ1) is 25.1. The van der Waals surface area contributed by atoms with Gasteiger partial charge in [0, 0.05) is 6.04 Å². The fraction of sp³-hybridized carbons (Fsp3) is 0.905. The summed E-state index contributed by atoms with van der Waals surface area (Å²) in [5.74, 6) is 0. The molecule has 0 radical (unpaired) electrons. The summed E-state index contributed by atoms with van der Waals surface area (Å²) in [6.45, 7) is 32.4. The van der Waals surface area contributed by atoms with Gasteiger partial charge in [0.25, 0.3) is 0 Å². The molecule has 2 nitrogen and oxygen atoms in total. The third-order valence-electron chi connectivity index (χ3n) is 6.58. The van der Waals surface area contributed by atoms with Gasteiger partial charge in [0.05, 0.1) is 6.10 Å². The zero-order chi connectivity index (χ0) is 20.2. The molecular weight excluding hydrogens is 338 g/mol. The molecule has 4 heteroatoms. The van der Waals surface area contributed by atoms with Crippen LogP contribution in [0.1, 0.15) is 75.7 Å². The number of hydrogen-bond acceptors (Lipinski definition) is 2. The van der Waals surface area contributed by atoms with Crippen molar-refractivity contribution >= 4 is 16.6 Å². The molecule has 0 aliphatic heterocycles. The van der Waals surface area contributed by atoms with Gasteiger partial charge in [-0.1, -0.05) is 68.4 Å². The third-order valence-corrected chi connectivity index (χ3v) is 17.8. The predicted octanol–water partition coefficient (Wildman–Crippen LogP) is 7.11. The smallest absolute Gasteiger partial charge is 0.192 e. The second-order valence-electron chi connectivity index (χ2n) is 10.3. The van der Waals surface area contributed by atoms with Crippen LogP contribution >= 0.6 is 0 Å². The van der Waals surface area contributed by atoms with Crippen molar-refractivity contribution in [2.45, 2.75) is 123 Å². The van der Waals surface area contributed by atoms with Gasteiger partial charge in [-0.05, 0) is 48.1 Å². The van der Waals surface area contributed by atoms with E-state index in [0.29, 0.717) is 22.7 Å². The predicted molar refractivity (Wildman–Crippen MR) is 121 cm³/mol. The highest BCUT2D eigenvalue weighted by Gasteiger charge is 2.46. The average molecular weight is 386 g/mol. The van der Waals surface area contributed by atoms with Crippen LogP contribution in [0.2, 0.25) is 34.8 Å². The lowest BCUT2D eigenvalue weighted by molar-refractivity contribution is 0.161. The minimum absolute atomic E-state index is 0.210. The van der Waals surface area contributed by atoms with Crippen molar-refractivity contribution < 1.29 is 4.43 Å². The molecule has 0 fully saturated rings. The lowest BCUT2D eigenvalue weighted by atomic mass is 10.1. The van der Waals surface area contributed by atoms with Crippen LogP contribution in [0, 0.1) is 0 Å². The highest BCUT2D eigenvalue weighted by molar-refractivity contribution is 6.81. The van der Waals surface area contributed by atoms with E-state index in [-0.39, 0.29) is 11.1 Å². The Bertz CT molecular complexity index is 389. The Hall–Kier alpha value is 0.0938. The maximum absolute atomic E-state index is 6.75. The van der Waals surface area contributed by atoms with Gasteiger partial charge in [0.2, 0.25) is 0 Å². The molecule has 0 aliphatic carbocycles. The third kappa shape index (κ3) is 6.05. The Morgan fingerprint density at radius 2 is 1.32 bits per heavy atom. The maximum atomic E-state index is 6.75. The van der Waals surface area contributed by atoms with E-state index in [1.165, 1.54) is 0 Å². The lowest BCUT2D eigenvalue weighted by Crippen LogP contribution is -2.64. The largest absolute Gasteiger partial charge is 0.413 e. The maximum Gasteiger partial charge on any atom is 0.192 e. The minimum atomic E-state index is -1.78. The molecule has 0 rings (SSSR count). The van der Waals surface area contributed by atoms with Crippen LogP contribution in [0.4, 0.5) is 0 Å². The molecule has 0 aromatic carbocycles. The van der Waals surface area contributed by atoms with E-state index in [1.807, 2.05) is 0 Å². The van der Waals surface area contributed by atoms with Crippen LogP contribution < -0.4 is 4.98 Å². The van der Waals surface area contributed by atoms with Crippen LogP contribution in [-0.2, 0) is 4.43 Å². The van der Waals surface area contributed by atoms with Crippen molar-refractivity contribution in [3.8, 4) is 0 Å². The van der Waals surface area contributed by atoms with E-state index < -0.39 is 16.6 Å². The van der Waals surface area contributed by atoms with Crippen LogP contribution in [0.3, 0.4) is 0 Å². The van der Waals surface area contributed by atoms with Crippen molar-refractivity contribution in [2.24, 2.45) is 0 Å².